The smallest absolute Gasteiger partial charge is 0.305 e. The molecule has 0 saturated carbocycles. The molecule has 2 atom stereocenters. The van der Waals surface area contributed by atoms with Gasteiger partial charge in [0.15, 0.2) is 0 Å². The molecule has 2 amide bonds. The number of carbonyl (C=O) groups excluding carboxylic acids is 3. The van der Waals surface area contributed by atoms with Crippen molar-refractivity contribution in [3.05, 3.63) is 82.2 Å². The monoisotopic (exact) mass is 506 g/mol. The number of nitrogens with one attached hydrogen (secondary N) is 1. The molecule has 1 saturated heterocycles. The molecule has 1 aromatic heterocycles. The van der Waals surface area contributed by atoms with E-state index in [-0.39, 0.29) is 30.2 Å². The van der Waals surface area contributed by atoms with Crippen molar-refractivity contribution >= 4 is 29.1 Å². The number of β-amino-alcohol motifs (C(OH)–C–C–N with tert-alkyl or cyclic N) is 1. The summed E-state index contributed by atoms with van der Waals surface area (Å²) in [6.45, 7) is 2.88. The predicted molar refractivity (Wildman–Crippen MR) is 139 cm³/mol. The van der Waals surface area contributed by atoms with Crippen molar-refractivity contribution in [2.45, 2.75) is 38.3 Å². The van der Waals surface area contributed by atoms with Crippen molar-refractivity contribution in [2.24, 2.45) is 0 Å². The molecular weight excluding hydrogens is 476 g/mol. The number of likely N-dealkylation sites (tertiary alicyclic amines) is 1. The standard InChI is InChI=1S/C28H30N2O5S/c1-18(29-27(33)23-9-4-3-6-19(23)10-13-26(32)35-2)20-7-5-8-21(16-20)24-11-12-25(36-24)28(34)30-15-14-22(31)17-30/h3-9,11-12,16,18,22,31H,10,13-15,17H2,1-2H3,(H,29,33)/t18-,22+/m1/s1. The highest BCUT2D eigenvalue weighted by Gasteiger charge is 2.26. The molecule has 0 radical (unpaired) electrons. The molecule has 3 aromatic rings. The van der Waals surface area contributed by atoms with E-state index in [0.29, 0.717) is 36.4 Å². The summed E-state index contributed by atoms with van der Waals surface area (Å²) in [5.74, 6) is -0.567. The highest BCUT2D eigenvalue weighted by molar-refractivity contribution is 7.17. The van der Waals surface area contributed by atoms with Crippen molar-refractivity contribution in [2.75, 3.05) is 20.2 Å². The van der Waals surface area contributed by atoms with Gasteiger partial charge in [-0.1, -0.05) is 36.4 Å². The van der Waals surface area contributed by atoms with Crippen molar-refractivity contribution in [1.29, 1.82) is 0 Å². The van der Waals surface area contributed by atoms with Gasteiger partial charge in [-0.15, -0.1) is 11.3 Å². The molecule has 2 aromatic carbocycles. The maximum absolute atomic E-state index is 13.1. The number of thiophene rings is 1. The quantitative estimate of drug-likeness (QED) is 0.446. The number of ether oxygens (including phenoxy) is 1. The van der Waals surface area contributed by atoms with E-state index in [0.717, 1.165) is 21.6 Å². The Bertz CT molecular complexity index is 1250. The van der Waals surface area contributed by atoms with E-state index >= 15 is 0 Å². The fourth-order valence-corrected chi connectivity index (χ4v) is 5.28. The van der Waals surface area contributed by atoms with Gasteiger partial charge in [-0.3, -0.25) is 14.4 Å². The number of aliphatic hydroxyl groups excluding tert-OH is 1. The predicted octanol–water partition coefficient (Wildman–Crippen LogP) is 4.22. The van der Waals surface area contributed by atoms with Crippen molar-refractivity contribution < 1.29 is 24.2 Å². The lowest BCUT2D eigenvalue weighted by molar-refractivity contribution is -0.140. The molecule has 1 aliphatic rings. The van der Waals surface area contributed by atoms with Gasteiger partial charge in [-0.25, -0.2) is 0 Å². The Labute approximate surface area is 214 Å². The number of methoxy groups -OCH3 is 1. The van der Waals surface area contributed by atoms with E-state index in [4.69, 9.17) is 4.74 Å². The minimum Gasteiger partial charge on any atom is -0.469 e. The van der Waals surface area contributed by atoms with E-state index in [2.05, 4.69) is 5.32 Å². The third kappa shape index (κ3) is 6.01. The van der Waals surface area contributed by atoms with Crippen molar-refractivity contribution in [1.82, 2.24) is 10.2 Å². The number of aryl methyl sites for hydroxylation is 1. The Morgan fingerprint density at radius 2 is 1.94 bits per heavy atom. The second kappa shape index (κ2) is 11.5. The molecule has 0 aliphatic carbocycles. The second-order valence-corrected chi connectivity index (χ2v) is 10.00. The van der Waals surface area contributed by atoms with Gasteiger partial charge in [0.2, 0.25) is 0 Å². The van der Waals surface area contributed by atoms with Crippen LogP contribution in [0.2, 0.25) is 0 Å². The van der Waals surface area contributed by atoms with Crippen LogP contribution in [-0.4, -0.2) is 54.1 Å². The van der Waals surface area contributed by atoms with Crippen molar-refractivity contribution in [3.8, 4) is 10.4 Å². The molecule has 36 heavy (non-hydrogen) atoms. The molecule has 8 heteroatoms. The highest BCUT2D eigenvalue weighted by Crippen LogP contribution is 2.31. The van der Waals surface area contributed by atoms with E-state index in [1.165, 1.54) is 18.4 Å². The lowest BCUT2D eigenvalue weighted by atomic mass is 10.0. The molecule has 4 rings (SSSR count). The SMILES string of the molecule is COC(=O)CCc1ccccc1C(=O)N[C@H](C)c1cccc(-c2ccc(C(=O)N3CC[C@H](O)C3)s2)c1. The molecule has 1 aliphatic heterocycles. The average molecular weight is 507 g/mol. The molecule has 0 unspecified atom stereocenters. The third-order valence-corrected chi connectivity index (χ3v) is 7.50. The number of carbonyl (C=O) groups is 3. The Morgan fingerprint density at radius 3 is 2.69 bits per heavy atom. The van der Waals surface area contributed by atoms with Crippen LogP contribution < -0.4 is 5.32 Å². The van der Waals surface area contributed by atoms with E-state index in [9.17, 15) is 19.5 Å². The molecule has 188 valence electrons. The van der Waals surface area contributed by atoms with E-state index < -0.39 is 6.10 Å². The molecule has 7 nitrogen and oxygen atoms in total. The average Bonchev–Trinajstić information content (AvgIpc) is 3.56. The maximum atomic E-state index is 13.1. The summed E-state index contributed by atoms with van der Waals surface area (Å²) in [6.07, 6.45) is 0.810. The number of rotatable bonds is 8. The number of nitrogens with zero attached hydrogens (tertiary/aromatic N) is 1. The second-order valence-electron chi connectivity index (χ2n) is 8.91. The molecule has 1 fully saturated rings. The Morgan fingerprint density at radius 1 is 1.14 bits per heavy atom. The van der Waals surface area contributed by atoms with Crippen LogP contribution in [0.1, 0.15) is 57.0 Å². The first-order chi connectivity index (χ1) is 17.4. The number of hydrogen-bond donors (Lipinski definition) is 2. The van der Waals surface area contributed by atoms with Gasteiger partial charge in [0.1, 0.15) is 0 Å². The summed E-state index contributed by atoms with van der Waals surface area (Å²) < 4.78 is 4.72. The zero-order chi connectivity index (χ0) is 25.7. The fourth-order valence-electron chi connectivity index (χ4n) is 4.31. The van der Waals surface area contributed by atoms with Gasteiger partial charge in [0, 0.05) is 30.0 Å². The van der Waals surface area contributed by atoms with Gasteiger partial charge in [-0.2, -0.15) is 0 Å². The first kappa shape index (κ1) is 25.6. The number of aliphatic hydroxyl groups is 1. The highest BCUT2D eigenvalue weighted by atomic mass is 32.1. The third-order valence-electron chi connectivity index (χ3n) is 6.37. The maximum Gasteiger partial charge on any atom is 0.305 e. The van der Waals surface area contributed by atoms with E-state index in [1.807, 2.05) is 55.5 Å². The first-order valence-electron chi connectivity index (χ1n) is 12.0. The number of hydrogen-bond acceptors (Lipinski definition) is 6. The first-order valence-corrected chi connectivity index (χ1v) is 12.8. The zero-order valence-corrected chi connectivity index (χ0v) is 21.2. The van der Waals surface area contributed by atoms with Crippen LogP contribution in [0.4, 0.5) is 0 Å². The number of benzene rings is 2. The normalized spacial score (nSPS) is 16.0. The summed E-state index contributed by atoms with van der Waals surface area (Å²) in [5.41, 5.74) is 3.25. The molecule has 2 heterocycles. The Balaban J connectivity index is 1.45. The van der Waals surface area contributed by atoms with Gasteiger partial charge in [0.25, 0.3) is 11.8 Å². The van der Waals surface area contributed by atoms with E-state index in [1.54, 1.807) is 17.0 Å². The van der Waals surface area contributed by atoms with Gasteiger partial charge in [0.05, 0.1) is 24.1 Å². The van der Waals surface area contributed by atoms with Crippen LogP contribution in [-0.2, 0) is 16.0 Å². The van der Waals surface area contributed by atoms with Gasteiger partial charge < -0.3 is 20.1 Å². The Hall–Kier alpha value is -3.49. The van der Waals surface area contributed by atoms with Gasteiger partial charge in [-0.05, 0) is 60.7 Å². The van der Waals surface area contributed by atoms with Crippen LogP contribution in [0.5, 0.6) is 0 Å². The topological polar surface area (TPSA) is 95.9 Å². The fraction of sp³-hybridized carbons (Fsp3) is 0.321. The van der Waals surface area contributed by atoms with Crippen LogP contribution in [0.25, 0.3) is 10.4 Å². The molecule has 0 bridgehead atoms. The molecule has 0 spiro atoms. The van der Waals surface area contributed by atoms with Crippen LogP contribution in [0.3, 0.4) is 0 Å². The minimum atomic E-state index is -0.443. The minimum absolute atomic E-state index is 0.0505. The lowest BCUT2D eigenvalue weighted by Crippen LogP contribution is -2.28. The lowest BCUT2D eigenvalue weighted by Gasteiger charge is -2.17. The van der Waals surface area contributed by atoms with Gasteiger partial charge >= 0.3 is 5.97 Å². The van der Waals surface area contributed by atoms with Crippen LogP contribution in [0.15, 0.2) is 60.7 Å². The number of amides is 2. The zero-order valence-electron chi connectivity index (χ0n) is 20.4. The summed E-state index contributed by atoms with van der Waals surface area (Å²) in [6, 6.07) is 18.7. The molecular formula is C28H30N2O5S. The molecule has 2 N–H and O–H groups in total. The summed E-state index contributed by atoms with van der Waals surface area (Å²) >= 11 is 1.43. The summed E-state index contributed by atoms with van der Waals surface area (Å²) in [4.78, 5) is 40.7. The Kier molecular flexibility index (Phi) is 8.18. The van der Waals surface area contributed by atoms with Crippen LogP contribution in [0, 0.1) is 0 Å². The summed E-state index contributed by atoms with van der Waals surface area (Å²) in [5, 5.41) is 12.8. The number of esters is 1. The summed E-state index contributed by atoms with van der Waals surface area (Å²) in [7, 11) is 1.35. The largest absolute Gasteiger partial charge is 0.469 e. The van der Waals surface area contributed by atoms with Crippen LogP contribution >= 0.6 is 11.3 Å². The van der Waals surface area contributed by atoms with Crippen molar-refractivity contribution in [3.63, 3.8) is 0 Å².